The van der Waals surface area contributed by atoms with Gasteiger partial charge in [0, 0.05) is 25.5 Å². The molecule has 0 amide bonds. The summed E-state index contributed by atoms with van der Waals surface area (Å²) in [5.41, 5.74) is 7.72. The molecule has 20 heavy (non-hydrogen) atoms. The molecule has 0 spiro atoms. The fourth-order valence-corrected chi connectivity index (χ4v) is 1.92. The van der Waals surface area contributed by atoms with E-state index in [9.17, 15) is 0 Å². The SMILES string of the molecule is CCOc1ncnc(N(CC)Cc2ccncc2)c1N. The van der Waals surface area contributed by atoms with Crippen LogP contribution in [-0.2, 0) is 6.54 Å². The van der Waals surface area contributed by atoms with Crippen LogP contribution in [0.2, 0.25) is 0 Å². The van der Waals surface area contributed by atoms with Crippen LogP contribution in [0, 0.1) is 0 Å². The van der Waals surface area contributed by atoms with Crippen molar-refractivity contribution in [3.63, 3.8) is 0 Å². The van der Waals surface area contributed by atoms with Crippen molar-refractivity contribution < 1.29 is 4.74 Å². The zero-order valence-electron chi connectivity index (χ0n) is 11.8. The molecule has 6 nitrogen and oxygen atoms in total. The molecule has 0 aliphatic heterocycles. The molecule has 2 rings (SSSR count). The van der Waals surface area contributed by atoms with Gasteiger partial charge in [0.2, 0.25) is 5.88 Å². The first-order chi connectivity index (χ1) is 9.76. The van der Waals surface area contributed by atoms with E-state index in [0.29, 0.717) is 30.5 Å². The quantitative estimate of drug-likeness (QED) is 0.866. The fraction of sp³-hybridized carbons (Fsp3) is 0.357. The minimum absolute atomic E-state index is 0.436. The molecule has 2 heterocycles. The lowest BCUT2D eigenvalue weighted by Gasteiger charge is -2.23. The molecule has 106 valence electrons. The molecule has 0 fully saturated rings. The van der Waals surface area contributed by atoms with Crippen molar-refractivity contribution in [2.24, 2.45) is 0 Å². The highest BCUT2D eigenvalue weighted by Crippen LogP contribution is 2.28. The van der Waals surface area contributed by atoms with Gasteiger partial charge in [0.1, 0.15) is 12.0 Å². The Morgan fingerprint density at radius 1 is 1.20 bits per heavy atom. The number of nitrogens with zero attached hydrogens (tertiary/aromatic N) is 4. The molecule has 2 N–H and O–H groups in total. The standard InChI is InChI=1S/C14H19N5O/c1-3-19(9-11-5-7-16-8-6-11)13-12(15)14(20-4-2)18-10-17-13/h5-8,10H,3-4,9,15H2,1-2H3. The average molecular weight is 273 g/mol. The summed E-state index contributed by atoms with van der Waals surface area (Å²) in [5.74, 6) is 1.13. The maximum absolute atomic E-state index is 6.10. The average Bonchev–Trinajstić information content (AvgIpc) is 2.49. The van der Waals surface area contributed by atoms with Crippen molar-refractivity contribution in [1.82, 2.24) is 15.0 Å². The summed E-state index contributed by atoms with van der Waals surface area (Å²) < 4.78 is 5.41. The lowest BCUT2D eigenvalue weighted by atomic mass is 10.2. The number of rotatable bonds is 6. The number of ether oxygens (including phenoxy) is 1. The van der Waals surface area contributed by atoms with Crippen LogP contribution in [0.4, 0.5) is 11.5 Å². The summed E-state index contributed by atoms with van der Waals surface area (Å²) in [4.78, 5) is 14.4. The first-order valence-corrected chi connectivity index (χ1v) is 6.63. The van der Waals surface area contributed by atoms with Gasteiger partial charge in [-0.05, 0) is 31.5 Å². The molecule has 0 radical (unpaired) electrons. The molecule has 0 atom stereocenters. The summed E-state index contributed by atoms with van der Waals surface area (Å²) >= 11 is 0. The van der Waals surface area contributed by atoms with Gasteiger partial charge in [-0.25, -0.2) is 4.98 Å². The van der Waals surface area contributed by atoms with Crippen molar-refractivity contribution >= 4 is 11.5 Å². The predicted octanol–water partition coefficient (Wildman–Crippen LogP) is 1.88. The lowest BCUT2D eigenvalue weighted by Crippen LogP contribution is -2.24. The summed E-state index contributed by atoms with van der Waals surface area (Å²) in [6.45, 7) is 5.98. The number of pyridine rings is 1. The van der Waals surface area contributed by atoms with Crippen molar-refractivity contribution in [3.8, 4) is 5.88 Å². The van der Waals surface area contributed by atoms with E-state index in [2.05, 4.69) is 26.8 Å². The van der Waals surface area contributed by atoms with E-state index in [0.717, 1.165) is 12.1 Å². The highest BCUT2D eigenvalue weighted by atomic mass is 16.5. The van der Waals surface area contributed by atoms with Crippen molar-refractivity contribution in [1.29, 1.82) is 0 Å². The van der Waals surface area contributed by atoms with Gasteiger partial charge in [0.05, 0.1) is 6.61 Å². The second kappa shape index (κ2) is 6.70. The monoisotopic (exact) mass is 273 g/mol. The van der Waals surface area contributed by atoms with Gasteiger partial charge in [-0.1, -0.05) is 0 Å². The Morgan fingerprint density at radius 2 is 1.95 bits per heavy atom. The maximum Gasteiger partial charge on any atom is 0.242 e. The normalized spacial score (nSPS) is 10.3. The van der Waals surface area contributed by atoms with Crippen LogP contribution in [0.5, 0.6) is 5.88 Å². The van der Waals surface area contributed by atoms with E-state index >= 15 is 0 Å². The molecular weight excluding hydrogens is 254 g/mol. The Labute approximate surface area is 118 Å². The zero-order valence-corrected chi connectivity index (χ0v) is 11.8. The molecule has 0 aliphatic rings. The highest BCUT2D eigenvalue weighted by molar-refractivity contribution is 5.67. The fourth-order valence-electron chi connectivity index (χ4n) is 1.92. The first-order valence-electron chi connectivity index (χ1n) is 6.63. The lowest BCUT2D eigenvalue weighted by molar-refractivity contribution is 0.328. The molecule has 0 unspecified atom stereocenters. The van der Waals surface area contributed by atoms with Gasteiger partial charge in [0.25, 0.3) is 0 Å². The molecule has 2 aromatic heterocycles. The molecule has 0 aliphatic carbocycles. The van der Waals surface area contributed by atoms with E-state index in [-0.39, 0.29) is 0 Å². The van der Waals surface area contributed by atoms with Gasteiger partial charge in [-0.15, -0.1) is 0 Å². The van der Waals surface area contributed by atoms with E-state index in [1.165, 1.54) is 6.33 Å². The van der Waals surface area contributed by atoms with E-state index in [4.69, 9.17) is 10.5 Å². The second-order valence-corrected chi connectivity index (χ2v) is 4.22. The third-order valence-corrected chi connectivity index (χ3v) is 2.91. The minimum Gasteiger partial charge on any atom is -0.476 e. The summed E-state index contributed by atoms with van der Waals surface area (Å²) in [5, 5.41) is 0. The molecule has 0 bridgehead atoms. The molecule has 0 saturated carbocycles. The maximum atomic E-state index is 6.10. The Bertz CT molecular complexity index is 547. The number of hydrogen-bond acceptors (Lipinski definition) is 6. The van der Waals surface area contributed by atoms with Crippen LogP contribution < -0.4 is 15.4 Å². The van der Waals surface area contributed by atoms with Crippen molar-refractivity contribution in [3.05, 3.63) is 36.4 Å². The number of nitrogens with two attached hydrogens (primary N) is 1. The van der Waals surface area contributed by atoms with Crippen molar-refractivity contribution in [2.75, 3.05) is 23.8 Å². The van der Waals surface area contributed by atoms with Crippen LogP contribution >= 0.6 is 0 Å². The summed E-state index contributed by atoms with van der Waals surface area (Å²) in [6, 6.07) is 3.95. The van der Waals surface area contributed by atoms with Gasteiger partial charge in [0.15, 0.2) is 5.82 Å². The van der Waals surface area contributed by atoms with Gasteiger partial charge in [-0.3, -0.25) is 4.98 Å². The number of anilines is 2. The smallest absolute Gasteiger partial charge is 0.242 e. The van der Waals surface area contributed by atoms with Crippen molar-refractivity contribution in [2.45, 2.75) is 20.4 Å². The van der Waals surface area contributed by atoms with Crippen LogP contribution in [0.25, 0.3) is 0 Å². The number of hydrogen-bond donors (Lipinski definition) is 1. The largest absolute Gasteiger partial charge is 0.476 e. The van der Waals surface area contributed by atoms with Gasteiger partial charge >= 0.3 is 0 Å². The Kier molecular flexibility index (Phi) is 4.70. The molecule has 0 saturated heterocycles. The third-order valence-electron chi connectivity index (χ3n) is 2.91. The van der Waals surface area contributed by atoms with Gasteiger partial charge in [-0.2, -0.15) is 4.98 Å². The molecule has 2 aromatic rings. The van der Waals surface area contributed by atoms with Crippen LogP contribution in [0.3, 0.4) is 0 Å². The van der Waals surface area contributed by atoms with Gasteiger partial charge < -0.3 is 15.4 Å². The number of nitrogen functional groups attached to an aromatic ring is 1. The van der Waals surface area contributed by atoms with Crippen LogP contribution in [0.1, 0.15) is 19.4 Å². The first kappa shape index (κ1) is 14.0. The topological polar surface area (TPSA) is 77.2 Å². The Morgan fingerprint density at radius 3 is 2.60 bits per heavy atom. The summed E-state index contributed by atoms with van der Waals surface area (Å²) in [7, 11) is 0. The summed E-state index contributed by atoms with van der Waals surface area (Å²) in [6.07, 6.45) is 5.03. The zero-order chi connectivity index (χ0) is 14.4. The van der Waals surface area contributed by atoms with E-state index in [1.54, 1.807) is 12.4 Å². The Balaban J connectivity index is 2.25. The third kappa shape index (κ3) is 3.14. The molecule has 6 heteroatoms. The second-order valence-electron chi connectivity index (χ2n) is 4.22. The number of aromatic nitrogens is 3. The van der Waals surface area contributed by atoms with E-state index in [1.807, 2.05) is 19.1 Å². The minimum atomic E-state index is 0.436. The van der Waals surface area contributed by atoms with Crippen LogP contribution in [0.15, 0.2) is 30.9 Å². The Hall–Kier alpha value is -2.37. The van der Waals surface area contributed by atoms with E-state index < -0.39 is 0 Å². The van der Waals surface area contributed by atoms with Crippen LogP contribution in [-0.4, -0.2) is 28.1 Å². The predicted molar refractivity (Wildman–Crippen MR) is 78.6 cm³/mol. The molecule has 0 aromatic carbocycles. The molecular formula is C14H19N5O. The highest BCUT2D eigenvalue weighted by Gasteiger charge is 2.15.